The van der Waals surface area contributed by atoms with Gasteiger partial charge < -0.3 is 10.0 Å². The molecule has 5 heteroatoms. The first-order valence-corrected chi connectivity index (χ1v) is 6.39. The van der Waals surface area contributed by atoms with E-state index in [4.69, 9.17) is 0 Å². The van der Waals surface area contributed by atoms with Crippen LogP contribution in [-0.4, -0.2) is 44.9 Å². The molecule has 2 heterocycles. The van der Waals surface area contributed by atoms with Crippen LogP contribution in [0.1, 0.15) is 35.1 Å². The van der Waals surface area contributed by atoms with Crippen LogP contribution in [0.4, 0.5) is 0 Å². The van der Waals surface area contributed by atoms with Gasteiger partial charge in [0.1, 0.15) is 0 Å². The van der Waals surface area contributed by atoms with Gasteiger partial charge in [0.2, 0.25) is 0 Å². The molecule has 0 bridgehead atoms. The van der Waals surface area contributed by atoms with Crippen molar-refractivity contribution in [1.82, 2.24) is 14.7 Å². The van der Waals surface area contributed by atoms with E-state index in [0.717, 1.165) is 11.4 Å². The fraction of sp³-hybridized carbons (Fsp3) is 0.692. The number of amides is 1. The largest absolute Gasteiger partial charge is 0.393 e. The van der Waals surface area contributed by atoms with Gasteiger partial charge in [-0.15, -0.1) is 0 Å². The highest BCUT2D eigenvalue weighted by atomic mass is 16.3. The molecular formula is C13H21N3O2. The van der Waals surface area contributed by atoms with Crippen LogP contribution in [0.25, 0.3) is 0 Å². The molecule has 1 amide bonds. The average Bonchev–Trinajstić information content (AvgIpc) is 2.56. The number of piperidine rings is 1. The minimum atomic E-state index is -0.287. The van der Waals surface area contributed by atoms with Gasteiger partial charge in [0, 0.05) is 25.8 Å². The Morgan fingerprint density at radius 1 is 1.44 bits per heavy atom. The molecule has 0 radical (unpaired) electrons. The van der Waals surface area contributed by atoms with Gasteiger partial charge in [-0.1, -0.05) is 6.92 Å². The van der Waals surface area contributed by atoms with Crippen LogP contribution in [-0.2, 0) is 7.05 Å². The molecule has 0 saturated carbocycles. The van der Waals surface area contributed by atoms with Crippen LogP contribution in [0, 0.1) is 19.8 Å². The Morgan fingerprint density at radius 3 is 2.61 bits per heavy atom. The quantitative estimate of drug-likeness (QED) is 0.806. The maximum absolute atomic E-state index is 12.5. The van der Waals surface area contributed by atoms with Gasteiger partial charge in [-0.2, -0.15) is 5.10 Å². The smallest absolute Gasteiger partial charge is 0.257 e. The SMILES string of the molecule is Cc1nn(C)c(C)c1C(=O)N1CCC(O)C(C)C1. The van der Waals surface area contributed by atoms with Gasteiger partial charge in [-0.05, 0) is 26.2 Å². The molecule has 100 valence electrons. The van der Waals surface area contributed by atoms with Gasteiger partial charge in [0.25, 0.3) is 5.91 Å². The summed E-state index contributed by atoms with van der Waals surface area (Å²) in [6.45, 7) is 7.00. The Morgan fingerprint density at radius 2 is 2.11 bits per heavy atom. The molecule has 0 aromatic carbocycles. The van der Waals surface area contributed by atoms with Gasteiger partial charge in [0.15, 0.2) is 0 Å². The van der Waals surface area contributed by atoms with Crippen LogP contribution < -0.4 is 0 Å². The number of hydrogen-bond donors (Lipinski definition) is 1. The number of likely N-dealkylation sites (tertiary alicyclic amines) is 1. The van der Waals surface area contributed by atoms with E-state index in [1.807, 2.05) is 32.7 Å². The zero-order chi connectivity index (χ0) is 13.4. The number of nitrogens with zero attached hydrogens (tertiary/aromatic N) is 3. The maximum atomic E-state index is 12.5. The van der Waals surface area contributed by atoms with E-state index in [0.29, 0.717) is 25.1 Å². The Bertz CT molecular complexity index is 467. The minimum absolute atomic E-state index is 0.0388. The van der Waals surface area contributed by atoms with Crippen molar-refractivity contribution in [2.24, 2.45) is 13.0 Å². The van der Waals surface area contributed by atoms with Crippen LogP contribution in [0.2, 0.25) is 0 Å². The number of aryl methyl sites for hydroxylation is 2. The van der Waals surface area contributed by atoms with Crippen molar-refractivity contribution in [2.75, 3.05) is 13.1 Å². The number of hydrogen-bond acceptors (Lipinski definition) is 3. The Labute approximate surface area is 107 Å². The lowest BCUT2D eigenvalue weighted by atomic mass is 9.96. The fourth-order valence-electron chi connectivity index (χ4n) is 2.56. The number of carbonyl (C=O) groups is 1. The zero-order valence-electron chi connectivity index (χ0n) is 11.5. The fourth-order valence-corrected chi connectivity index (χ4v) is 2.56. The third-order valence-electron chi connectivity index (χ3n) is 3.87. The van der Waals surface area contributed by atoms with Crippen molar-refractivity contribution >= 4 is 5.91 Å². The second-order valence-corrected chi connectivity index (χ2v) is 5.25. The molecule has 2 atom stereocenters. The standard InChI is InChI=1S/C13H21N3O2/c1-8-7-16(6-5-11(8)17)13(18)12-9(2)14-15(4)10(12)3/h8,11,17H,5-7H2,1-4H3. The lowest BCUT2D eigenvalue weighted by molar-refractivity contribution is 0.0297. The third kappa shape index (κ3) is 2.14. The summed E-state index contributed by atoms with van der Waals surface area (Å²) in [6, 6.07) is 0. The zero-order valence-corrected chi connectivity index (χ0v) is 11.5. The van der Waals surface area contributed by atoms with Crippen molar-refractivity contribution in [3.8, 4) is 0 Å². The van der Waals surface area contributed by atoms with E-state index in [1.165, 1.54) is 0 Å². The number of aromatic nitrogens is 2. The summed E-state index contributed by atoms with van der Waals surface area (Å²) in [5, 5.41) is 14.0. The number of aliphatic hydroxyl groups excluding tert-OH is 1. The monoisotopic (exact) mass is 251 g/mol. The molecule has 1 aromatic heterocycles. The predicted octanol–water partition coefficient (Wildman–Crippen LogP) is 0.880. The van der Waals surface area contributed by atoms with Crippen molar-refractivity contribution in [1.29, 1.82) is 0 Å². The summed E-state index contributed by atoms with van der Waals surface area (Å²) < 4.78 is 1.74. The van der Waals surface area contributed by atoms with Crippen LogP contribution in [0.15, 0.2) is 0 Å². The molecule has 0 aliphatic carbocycles. The topological polar surface area (TPSA) is 58.4 Å². The molecular weight excluding hydrogens is 230 g/mol. The molecule has 1 aliphatic rings. The lowest BCUT2D eigenvalue weighted by Crippen LogP contribution is -2.45. The Balaban J connectivity index is 2.21. The number of rotatable bonds is 1. The molecule has 2 unspecified atom stereocenters. The summed E-state index contributed by atoms with van der Waals surface area (Å²) >= 11 is 0. The summed E-state index contributed by atoms with van der Waals surface area (Å²) in [5.41, 5.74) is 2.39. The van der Waals surface area contributed by atoms with Crippen molar-refractivity contribution in [3.63, 3.8) is 0 Å². The van der Waals surface area contributed by atoms with Gasteiger partial charge >= 0.3 is 0 Å². The third-order valence-corrected chi connectivity index (χ3v) is 3.87. The minimum Gasteiger partial charge on any atom is -0.393 e. The highest BCUT2D eigenvalue weighted by Crippen LogP contribution is 2.21. The normalized spacial score (nSPS) is 24.4. The molecule has 1 aliphatic heterocycles. The predicted molar refractivity (Wildman–Crippen MR) is 68.4 cm³/mol. The van der Waals surface area contributed by atoms with Crippen molar-refractivity contribution in [3.05, 3.63) is 17.0 Å². The first kappa shape index (κ1) is 13.1. The summed E-state index contributed by atoms with van der Waals surface area (Å²) in [7, 11) is 1.85. The number of carbonyl (C=O) groups excluding carboxylic acids is 1. The Kier molecular flexibility index (Phi) is 3.43. The summed E-state index contributed by atoms with van der Waals surface area (Å²) in [4.78, 5) is 14.3. The van der Waals surface area contributed by atoms with E-state index in [2.05, 4.69) is 5.10 Å². The molecule has 18 heavy (non-hydrogen) atoms. The van der Waals surface area contributed by atoms with E-state index >= 15 is 0 Å². The molecule has 5 nitrogen and oxygen atoms in total. The summed E-state index contributed by atoms with van der Waals surface area (Å²) in [6.07, 6.45) is 0.371. The second-order valence-electron chi connectivity index (χ2n) is 5.25. The first-order valence-electron chi connectivity index (χ1n) is 6.39. The summed E-state index contributed by atoms with van der Waals surface area (Å²) in [5.74, 6) is 0.178. The molecule has 0 spiro atoms. The van der Waals surface area contributed by atoms with E-state index < -0.39 is 0 Å². The van der Waals surface area contributed by atoms with Crippen LogP contribution in [0.5, 0.6) is 0 Å². The van der Waals surface area contributed by atoms with Gasteiger partial charge in [0.05, 0.1) is 17.4 Å². The average molecular weight is 251 g/mol. The molecule has 1 fully saturated rings. The van der Waals surface area contributed by atoms with Crippen molar-refractivity contribution < 1.29 is 9.90 Å². The molecule has 1 aromatic rings. The first-order chi connectivity index (χ1) is 8.41. The maximum Gasteiger partial charge on any atom is 0.257 e. The van der Waals surface area contributed by atoms with E-state index in [-0.39, 0.29) is 17.9 Å². The van der Waals surface area contributed by atoms with Crippen LogP contribution >= 0.6 is 0 Å². The van der Waals surface area contributed by atoms with E-state index in [1.54, 1.807) is 4.68 Å². The van der Waals surface area contributed by atoms with E-state index in [9.17, 15) is 9.90 Å². The van der Waals surface area contributed by atoms with Crippen LogP contribution in [0.3, 0.4) is 0 Å². The lowest BCUT2D eigenvalue weighted by Gasteiger charge is -2.34. The Hall–Kier alpha value is -1.36. The molecule has 2 rings (SSSR count). The van der Waals surface area contributed by atoms with Gasteiger partial charge in [-0.3, -0.25) is 9.48 Å². The molecule has 1 saturated heterocycles. The highest BCUT2D eigenvalue weighted by Gasteiger charge is 2.30. The second kappa shape index (κ2) is 4.72. The highest BCUT2D eigenvalue weighted by molar-refractivity contribution is 5.96. The number of aliphatic hydroxyl groups is 1. The van der Waals surface area contributed by atoms with Crippen molar-refractivity contribution in [2.45, 2.75) is 33.3 Å². The van der Waals surface area contributed by atoms with Gasteiger partial charge in [-0.25, -0.2) is 0 Å². The molecule has 1 N–H and O–H groups in total.